The number of hydrogen-bond acceptors (Lipinski definition) is 7. The van der Waals surface area contributed by atoms with Crippen LogP contribution in [0.5, 0.6) is 0 Å². The fraction of sp³-hybridized carbons (Fsp3) is 0.444. The monoisotopic (exact) mass is 817 g/mol. The number of amides is 3. The van der Waals surface area contributed by atoms with E-state index in [9.17, 15) is 32.3 Å². The van der Waals surface area contributed by atoms with Gasteiger partial charge in [0.25, 0.3) is 0 Å². The van der Waals surface area contributed by atoms with Crippen LogP contribution in [0.4, 0.5) is 18.0 Å². The zero-order chi connectivity index (χ0) is 43.0. The van der Waals surface area contributed by atoms with Crippen LogP contribution in [0, 0.1) is 5.92 Å². The molecule has 0 aliphatic carbocycles. The van der Waals surface area contributed by atoms with E-state index in [1.54, 1.807) is 55.8 Å². The number of nitrogens with one attached hydrogen (secondary N) is 2. The number of carbonyl (C=O) groups excluding carboxylic acids is 4. The summed E-state index contributed by atoms with van der Waals surface area (Å²) in [7, 11) is 0. The van der Waals surface area contributed by atoms with Crippen LogP contribution < -0.4 is 10.6 Å². The number of Topliss-reactive ketones (excluding diaryl/α,β-unsaturated/α-hetero) is 1. The Morgan fingerprint density at radius 2 is 1.53 bits per heavy atom. The van der Waals surface area contributed by atoms with Crippen LogP contribution in [0.1, 0.15) is 94.3 Å². The molecule has 4 aromatic rings. The Morgan fingerprint density at radius 3 is 2.15 bits per heavy atom. The molecule has 1 fully saturated rings. The fourth-order valence-electron chi connectivity index (χ4n) is 7.05. The summed E-state index contributed by atoms with van der Waals surface area (Å²) in [5, 5.41) is 5.37. The van der Waals surface area contributed by atoms with Gasteiger partial charge in [-0.1, -0.05) is 85.8 Å². The first-order chi connectivity index (χ1) is 27.8. The number of benzene rings is 3. The van der Waals surface area contributed by atoms with Crippen LogP contribution in [-0.2, 0) is 43.1 Å². The van der Waals surface area contributed by atoms with Gasteiger partial charge in [0.2, 0.25) is 11.8 Å². The number of alkyl carbamates (subject to hydrolysis) is 1. The van der Waals surface area contributed by atoms with Gasteiger partial charge >= 0.3 is 12.3 Å². The van der Waals surface area contributed by atoms with Gasteiger partial charge in [0.05, 0.1) is 30.8 Å². The van der Waals surface area contributed by atoms with E-state index in [1.807, 2.05) is 60.7 Å². The highest BCUT2D eigenvalue weighted by atomic mass is 19.4. The molecule has 5 rings (SSSR count). The Balaban J connectivity index is 1.28. The van der Waals surface area contributed by atoms with Crippen molar-refractivity contribution in [2.45, 2.75) is 103 Å². The third kappa shape index (κ3) is 12.5. The second-order valence-corrected chi connectivity index (χ2v) is 16.6. The molecule has 11 nitrogen and oxygen atoms in total. The molecular formula is C45H54F3N5O6. The predicted octanol–water partition coefficient (Wildman–Crippen LogP) is 7.65. The summed E-state index contributed by atoms with van der Waals surface area (Å²) >= 11 is 0. The molecule has 1 aliphatic rings. The molecule has 2 heterocycles. The van der Waals surface area contributed by atoms with Gasteiger partial charge in [-0.05, 0) is 76.1 Å². The van der Waals surface area contributed by atoms with Gasteiger partial charge in [0.1, 0.15) is 23.2 Å². The standard InChI is InChI=1S/C45H54F3N5O6/c1-30(39(54)37(28-58-27-31-14-9-7-10-15-31)50-41(56)44(5,6)51-42(57)59-43(2,3)4)24-36-26-53(29-49-36)38(33-16-11-8-12-17-33)40(55)52-22-20-32(21-23-52)34-18-13-19-35(25-34)45(46,47)48/h7-19,25-26,29-30,32,37-38H,20-24,27-28H2,1-6H3,(H,50,56)(H,51,57)/t30?,37-,38?/m1/s1. The molecule has 2 unspecified atom stereocenters. The van der Waals surface area contributed by atoms with Gasteiger partial charge in [-0.15, -0.1) is 0 Å². The normalized spacial score (nSPS) is 15.5. The summed E-state index contributed by atoms with van der Waals surface area (Å²) in [6, 6.07) is 22.2. The average molecular weight is 818 g/mol. The number of ether oxygens (including phenoxy) is 2. The first kappa shape index (κ1) is 44.6. The summed E-state index contributed by atoms with van der Waals surface area (Å²) in [6.07, 6.45) is -0.689. The third-order valence-electron chi connectivity index (χ3n) is 10.2. The maximum atomic E-state index is 14.3. The van der Waals surface area contributed by atoms with E-state index in [4.69, 9.17) is 9.47 Å². The van der Waals surface area contributed by atoms with Gasteiger partial charge in [-0.25, -0.2) is 9.78 Å². The van der Waals surface area contributed by atoms with Crippen molar-refractivity contribution in [3.8, 4) is 0 Å². The Hall–Kier alpha value is -5.50. The summed E-state index contributed by atoms with van der Waals surface area (Å²) in [5.41, 5.74) is -0.130. The lowest BCUT2D eigenvalue weighted by Gasteiger charge is -2.35. The van der Waals surface area contributed by atoms with Crippen molar-refractivity contribution in [3.63, 3.8) is 0 Å². The lowest BCUT2D eigenvalue weighted by Crippen LogP contribution is -2.59. The van der Waals surface area contributed by atoms with Crippen molar-refractivity contribution in [2.75, 3.05) is 19.7 Å². The van der Waals surface area contributed by atoms with Crippen molar-refractivity contribution in [3.05, 3.63) is 125 Å². The number of halogens is 3. The lowest BCUT2D eigenvalue weighted by atomic mass is 9.88. The second kappa shape index (κ2) is 19.0. The van der Waals surface area contributed by atoms with Crippen LogP contribution in [0.2, 0.25) is 0 Å². The van der Waals surface area contributed by atoms with Crippen LogP contribution in [0.15, 0.2) is 97.5 Å². The average Bonchev–Trinajstić information content (AvgIpc) is 3.64. The lowest BCUT2D eigenvalue weighted by molar-refractivity contribution is -0.137. The zero-order valence-corrected chi connectivity index (χ0v) is 34.4. The number of hydrogen-bond donors (Lipinski definition) is 2. The van der Waals surface area contributed by atoms with E-state index in [-0.39, 0.29) is 37.2 Å². The summed E-state index contributed by atoms with van der Waals surface area (Å²) in [6.45, 7) is 10.7. The van der Waals surface area contributed by atoms with Crippen LogP contribution in [-0.4, -0.2) is 75.0 Å². The van der Waals surface area contributed by atoms with Crippen molar-refractivity contribution < 1.29 is 41.8 Å². The minimum absolute atomic E-state index is 0.111. The van der Waals surface area contributed by atoms with Crippen LogP contribution in [0.25, 0.3) is 0 Å². The molecule has 2 N–H and O–H groups in total. The highest BCUT2D eigenvalue weighted by molar-refractivity contribution is 5.95. The molecule has 3 atom stereocenters. The van der Waals surface area contributed by atoms with Gasteiger partial charge in [-0.3, -0.25) is 14.4 Å². The minimum Gasteiger partial charge on any atom is -0.444 e. The quantitative estimate of drug-likeness (QED) is 0.126. The van der Waals surface area contributed by atoms with Crippen molar-refractivity contribution in [2.24, 2.45) is 5.92 Å². The second-order valence-electron chi connectivity index (χ2n) is 16.6. The maximum absolute atomic E-state index is 14.3. The predicted molar refractivity (Wildman–Crippen MR) is 216 cm³/mol. The molecule has 1 aliphatic heterocycles. The van der Waals surface area contributed by atoms with E-state index in [1.165, 1.54) is 26.0 Å². The number of likely N-dealkylation sites (tertiary alicyclic amines) is 1. The molecule has 316 valence electrons. The van der Waals surface area contributed by atoms with E-state index in [0.29, 0.717) is 37.2 Å². The van der Waals surface area contributed by atoms with Gasteiger partial charge in [-0.2, -0.15) is 13.2 Å². The Bertz CT molecular complexity index is 2040. The highest BCUT2D eigenvalue weighted by Gasteiger charge is 2.37. The van der Waals surface area contributed by atoms with Crippen molar-refractivity contribution in [1.82, 2.24) is 25.1 Å². The molecule has 59 heavy (non-hydrogen) atoms. The number of rotatable bonds is 15. The molecule has 0 saturated carbocycles. The Morgan fingerprint density at radius 1 is 0.881 bits per heavy atom. The molecule has 0 spiro atoms. The zero-order valence-electron chi connectivity index (χ0n) is 34.4. The van der Waals surface area contributed by atoms with Gasteiger partial charge < -0.3 is 29.6 Å². The smallest absolute Gasteiger partial charge is 0.416 e. The first-order valence-electron chi connectivity index (χ1n) is 19.8. The molecule has 1 saturated heterocycles. The molecule has 0 radical (unpaired) electrons. The highest BCUT2D eigenvalue weighted by Crippen LogP contribution is 2.35. The number of alkyl halides is 3. The molecule has 3 amide bonds. The summed E-state index contributed by atoms with van der Waals surface area (Å²) < 4.78 is 53.2. The molecule has 14 heteroatoms. The van der Waals surface area contributed by atoms with Crippen molar-refractivity contribution >= 4 is 23.7 Å². The van der Waals surface area contributed by atoms with Gasteiger partial charge in [0.15, 0.2) is 5.78 Å². The number of piperidine rings is 1. The minimum atomic E-state index is -4.43. The van der Waals surface area contributed by atoms with E-state index in [2.05, 4.69) is 15.6 Å². The van der Waals surface area contributed by atoms with Gasteiger partial charge in [0, 0.05) is 31.6 Å². The van der Waals surface area contributed by atoms with E-state index in [0.717, 1.165) is 17.2 Å². The van der Waals surface area contributed by atoms with Crippen LogP contribution in [0.3, 0.4) is 0 Å². The SMILES string of the molecule is CC(Cc1cn(C(C(=O)N2CCC(c3cccc(C(F)(F)F)c3)CC2)c2ccccc2)cn1)C(=O)[C@@H](COCc1ccccc1)NC(=O)C(C)(C)NC(=O)OC(C)(C)C. The molecular weight excluding hydrogens is 764 g/mol. The number of nitrogens with zero attached hydrogens (tertiary/aromatic N) is 3. The number of imidazole rings is 1. The fourth-order valence-corrected chi connectivity index (χ4v) is 7.05. The third-order valence-corrected chi connectivity index (χ3v) is 10.2. The van der Waals surface area contributed by atoms with E-state index < -0.39 is 52.9 Å². The van der Waals surface area contributed by atoms with Crippen LogP contribution >= 0.6 is 0 Å². The van der Waals surface area contributed by atoms with E-state index >= 15 is 0 Å². The van der Waals surface area contributed by atoms with Crippen molar-refractivity contribution in [1.29, 1.82) is 0 Å². The Labute approximate surface area is 343 Å². The number of aromatic nitrogens is 2. The largest absolute Gasteiger partial charge is 0.444 e. The number of carbonyl (C=O) groups is 4. The number of ketones is 1. The Kier molecular flexibility index (Phi) is 14.4. The topological polar surface area (TPSA) is 132 Å². The maximum Gasteiger partial charge on any atom is 0.416 e. The molecule has 1 aromatic heterocycles. The summed E-state index contributed by atoms with van der Waals surface area (Å²) in [4.78, 5) is 60.8. The molecule has 0 bridgehead atoms. The first-order valence-corrected chi connectivity index (χ1v) is 19.8. The molecule has 3 aromatic carbocycles. The summed E-state index contributed by atoms with van der Waals surface area (Å²) in [5.74, 6) is -1.85.